The van der Waals surface area contributed by atoms with Gasteiger partial charge in [-0.25, -0.2) is 13.2 Å². The number of anilines is 1. The highest BCUT2D eigenvalue weighted by Gasteiger charge is 2.16. The number of hydrogen-bond acceptors (Lipinski definition) is 5. The predicted molar refractivity (Wildman–Crippen MR) is 114 cm³/mol. The molecule has 0 aliphatic carbocycles. The number of esters is 1. The van der Waals surface area contributed by atoms with Crippen molar-refractivity contribution in [2.24, 2.45) is 0 Å². The number of hydrogen-bond donors (Lipinski definition) is 1. The zero-order chi connectivity index (χ0) is 21.6. The van der Waals surface area contributed by atoms with Gasteiger partial charge in [-0.15, -0.1) is 0 Å². The molecular formula is C23H21NO5S. The molecule has 0 aromatic heterocycles. The summed E-state index contributed by atoms with van der Waals surface area (Å²) in [7, 11) is -3.52. The maximum absolute atomic E-state index is 12.6. The van der Waals surface area contributed by atoms with Gasteiger partial charge in [-0.2, -0.15) is 0 Å². The van der Waals surface area contributed by atoms with E-state index in [9.17, 15) is 18.0 Å². The van der Waals surface area contributed by atoms with Crippen molar-refractivity contribution in [1.29, 1.82) is 0 Å². The van der Waals surface area contributed by atoms with Crippen molar-refractivity contribution in [3.8, 4) is 0 Å². The zero-order valence-electron chi connectivity index (χ0n) is 16.4. The lowest BCUT2D eigenvalue weighted by molar-refractivity contribution is 0.0526. The molecule has 0 fully saturated rings. The molecule has 0 bridgehead atoms. The van der Waals surface area contributed by atoms with E-state index in [-0.39, 0.29) is 17.3 Å². The van der Waals surface area contributed by atoms with Crippen LogP contribution in [-0.2, 0) is 20.3 Å². The van der Waals surface area contributed by atoms with Crippen LogP contribution in [-0.4, -0.2) is 26.9 Å². The van der Waals surface area contributed by atoms with Crippen molar-refractivity contribution in [3.63, 3.8) is 0 Å². The van der Waals surface area contributed by atoms with Crippen LogP contribution in [0.15, 0.2) is 83.8 Å². The molecule has 0 saturated heterocycles. The topological polar surface area (TPSA) is 89.5 Å². The molecule has 6 nitrogen and oxygen atoms in total. The molecular weight excluding hydrogens is 402 g/mol. The molecule has 154 valence electrons. The molecule has 1 N–H and O–H groups in total. The van der Waals surface area contributed by atoms with E-state index in [0.717, 1.165) is 0 Å². The Kier molecular flexibility index (Phi) is 6.64. The normalized spacial score (nSPS) is 11.0. The van der Waals surface area contributed by atoms with Crippen LogP contribution < -0.4 is 5.32 Å². The van der Waals surface area contributed by atoms with Crippen molar-refractivity contribution in [2.75, 3.05) is 11.9 Å². The van der Waals surface area contributed by atoms with Gasteiger partial charge >= 0.3 is 5.97 Å². The molecule has 0 atom stereocenters. The Morgan fingerprint density at radius 3 is 2.30 bits per heavy atom. The second kappa shape index (κ2) is 9.37. The SMILES string of the molecule is CCOC(=O)c1cccc(NC(=O)c2cccc(CS(=O)(=O)c3ccccc3)c2)c1. The Morgan fingerprint density at radius 2 is 1.57 bits per heavy atom. The van der Waals surface area contributed by atoms with E-state index < -0.39 is 21.7 Å². The number of carbonyl (C=O) groups is 2. The van der Waals surface area contributed by atoms with Gasteiger partial charge in [-0.1, -0.05) is 36.4 Å². The van der Waals surface area contributed by atoms with Crippen molar-refractivity contribution in [2.45, 2.75) is 17.6 Å². The van der Waals surface area contributed by atoms with Crippen molar-refractivity contribution < 1.29 is 22.7 Å². The average molecular weight is 423 g/mol. The Hall–Kier alpha value is -3.45. The van der Waals surface area contributed by atoms with Crippen LogP contribution in [0.4, 0.5) is 5.69 Å². The lowest BCUT2D eigenvalue weighted by Gasteiger charge is -2.09. The molecule has 0 radical (unpaired) electrons. The summed E-state index contributed by atoms with van der Waals surface area (Å²) in [5.41, 5.74) is 1.59. The molecule has 0 spiro atoms. The number of sulfone groups is 1. The molecule has 0 aliphatic heterocycles. The summed E-state index contributed by atoms with van der Waals surface area (Å²) in [6, 6.07) is 21.1. The summed E-state index contributed by atoms with van der Waals surface area (Å²) in [6.07, 6.45) is 0. The first-order chi connectivity index (χ1) is 14.4. The van der Waals surface area contributed by atoms with Gasteiger partial charge in [-0.3, -0.25) is 4.79 Å². The monoisotopic (exact) mass is 423 g/mol. The van der Waals surface area contributed by atoms with Gasteiger partial charge in [0, 0.05) is 11.3 Å². The van der Waals surface area contributed by atoms with E-state index in [1.54, 1.807) is 79.7 Å². The van der Waals surface area contributed by atoms with Crippen LogP contribution >= 0.6 is 0 Å². The Labute approximate surface area is 175 Å². The summed E-state index contributed by atoms with van der Waals surface area (Å²) < 4.78 is 30.1. The average Bonchev–Trinajstić information content (AvgIpc) is 2.74. The zero-order valence-corrected chi connectivity index (χ0v) is 17.2. The highest BCUT2D eigenvalue weighted by Crippen LogP contribution is 2.18. The maximum atomic E-state index is 12.6. The fraction of sp³-hybridized carbons (Fsp3) is 0.130. The molecule has 0 heterocycles. The van der Waals surface area contributed by atoms with Gasteiger partial charge in [0.2, 0.25) is 0 Å². The summed E-state index contributed by atoms with van der Waals surface area (Å²) in [4.78, 5) is 24.7. The van der Waals surface area contributed by atoms with Crippen LogP contribution in [0.5, 0.6) is 0 Å². The van der Waals surface area contributed by atoms with Crippen LogP contribution in [0.3, 0.4) is 0 Å². The van der Waals surface area contributed by atoms with Crippen LogP contribution in [0, 0.1) is 0 Å². The molecule has 3 aromatic rings. The molecule has 3 rings (SSSR count). The second-order valence-corrected chi connectivity index (χ2v) is 8.52. The van der Waals surface area contributed by atoms with Gasteiger partial charge in [-0.05, 0) is 55.0 Å². The fourth-order valence-corrected chi connectivity index (χ4v) is 4.23. The van der Waals surface area contributed by atoms with Crippen molar-refractivity contribution in [3.05, 3.63) is 95.6 Å². The largest absolute Gasteiger partial charge is 0.462 e. The Morgan fingerprint density at radius 1 is 0.867 bits per heavy atom. The van der Waals surface area contributed by atoms with Gasteiger partial charge in [0.15, 0.2) is 9.84 Å². The summed E-state index contributed by atoms with van der Waals surface area (Å²) >= 11 is 0. The van der Waals surface area contributed by atoms with Gasteiger partial charge in [0.05, 0.1) is 22.8 Å². The summed E-state index contributed by atoms with van der Waals surface area (Å²) in [5, 5.41) is 2.72. The van der Waals surface area contributed by atoms with Crippen LogP contribution in [0.25, 0.3) is 0 Å². The summed E-state index contributed by atoms with van der Waals surface area (Å²) in [5.74, 6) is -1.09. The molecule has 1 amide bonds. The van der Waals surface area contributed by atoms with E-state index in [0.29, 0.717) is 22.4 Å². The van der Waals surface area contributed by atoms with Crippen LogP contribution in [0.2, 0.25) is 0 Å². The Balaban J connectivity index is 1.75. The highest BCUT2D eigenvalue weighted by atomic mass is 32.2. The van der Waals surface area contributed by atoms with E-state index in [1.807, 2.05) is 0 Å². The number of rotatable bonds is 7. The molecule has 0 aliphatic rings. The number of benzene rings is 3. The third-order valence-electron chi connectivity index (χ3n) is 4.28. The van der Waals surface area contributed by atoms with E-state index >= 15 is 0 Å². The minimum Gasteiger partial charge on any atom is -0.462 e. The number of carbonyl (C=O) groups excluding carboxylic acids is 2. The van der Waals surface area contributed by atoms with E-state index in [1.165, 1.54) is 6.07 Å². The smallest absolute Gasteiger partial charge is 0.338 e. The highest BCUT2D eigenvalue weighted by molar-refractivity contribution is 7.90. The third kappa shape index (κ3) is 5.33. The van der Waals surface area contributed by atoms with Gasteiger partial charge in [0.25, 0.3) is 5.91 Å². The number of nitrogens with one attached hydrogen (secondary N) is 1. The molecule has 3 aromatic carbocycles. The lowest BCUT2D eigenvalue weighted by atomic mass is 10.1. The number of ether oxygens (including phenoxy) is 1. The molecule has 30 heavy (non-hydrogen) atoms. The van der Waals surface area contributed by atoms with E-state index in [4.69, 9.17) is 4.74 Å². The second-order valence-electron chi connectivity index (χ2n) is 6.53. The summed E-state index contributed by atoms with van der Waals surface area (Å²) in [6.45, 7) is 1.97. The minimum absolute atomic E-state index is 0.212. The first kappa shape index (κ1) is 21.3. The predicted octanol–water partition coefficient (Wildman–Crippen LogP) is 4.09. The molecule has 0 saturated carbocycles. The standard InChI is InChI=1S/C23H21NO5S/c1-2-29-23(26)19-10-7-11-20(15-19)24-22(25)18-9-6-8-17(14-18)16-30(27,28)21-12-4-3-5-13-21/h3-15H,2,16H2,1H3,(H,24,25). The first-order valence-electron chi connectivity index (χ1n) is 9.34. The Bertz CT molecular complexity index is 1160. The third-order valence-corrected chi connectivity index (χ3v) is 5.98. The molecule has 0 unspecified atom stereocenters. The van der Waals surface area contributed by atoms with Crippen LogP contribution in [0.1, 0.15) is 33.2 Å². The number of amides is 1. The lowest BCUT2D eigenvalue weighted by Crippen LogP contribution is -2.13. The first-order valence-corrected chi connectivity index (χ1v) is 11.0. The van der Waals surface area contributed by atoms with Gasteiger partial charge in [0.1, 0.15) is 0 Å². The quantitative estimate of drug-likeness (QED) is 0.578. The van der Waals surface area contributed by atoms with E-state index in [2.05, 4.69) is 5.32 Å². The minimum atomic E-state index is -3.52. The maximum Gasteiger partial charge on any atom is 0.338 e. The van der Waals surface area contributed by atoms with Gasteiger partial charge < -0.3 is 10.1 Å². The van der Waals surface area contributed by atoms with Crippen molar-refractivity contribution in [1.82, 2.24) is 0 Å². The van der Waals surface area contributed by atoms with Crippen molar-refractivity contribution >= 4 is 27.4 Å². The fourth-order valence-electron chi connectivity index (χ4n) is 2.87. The molecule has 7 heteroatoms.